The van der Waals surface area contributed by atoms with Gasteiger partial charge in [0, 0.05) is 6.42 Å². The first-order valence-corrected chi connectivity index (χ1v) is 34.6. The molecule has 0 radical (unpaired) electrons. The molecule has 0 aromatic carbocycles. The molecule has 0 aliphatic carbocycles. The summed E-state index contributed by atoms with van der Waals surface area (Å²) in [5, 5.41) is 23.3. The van der Waals surface area contributed by atoms with E-state index in [1.54, 1.807) is 6.08 Å². The Morgan fingerprint density at radius 1 is 0.311 bits per heavy atom. The summed E-state index contributed by atoms with van der Waals surface area (Å²) in [6.07, 6.45) is 89.9. The molecule has 1 amide bonds. The molecule has 0 bridgehead atoms. The van der Waals surface area contributed by atoms with E-state index < -0.39 is 12.1 Å². The fraction of sp³-hybridized carbons (Fsp3) is 0.929. The topological polar surface area (TPSA) is 69.6 Å². The lowest BCUT2D eigenvalue weighted by atomic mass is 10.0. The first kappa shape index (κ1) is 72.9. The Morgan fingerprint density at radius 3 is 0.784 bits per heavy atom. The molecule has 3 N–H and O–H groups in total. The third kappa shape index (κ3) is 61.7. The van der Waals surface area contributed by atoms with E-state index in [0.29, 0.717) is 6.42 Å². The maximum Gasteiger partial charge on any atom is 0.220 e. The van der Waals surface area contributed by atoms with Gasteiger partial charge in [0.15, 0.2) is 0 Å². The lowest BCUT2D eigenvalue weighted by Gasteiger charge is -2.19. The second-order valence-corrected chi connectivity index (χ2v) is 24.0. The lowest BCUT2D eigenvalue weighted by molar-refractivity contribution is -0.123. The highest BCUT2D eigenvalue weighted by molar-refractivity contribution is 5.76. The number of hydrogen-bond acceptors (Lipinski definition) is 3. The molecule has 74 heavy (non-hydrogen) atoms. The minimum absolute atomic E-state index is 0.0641. The average Bonchev–Trinajstić information content (AvgIpc) is 3.40. The summed E-state index contributed by atoms with van der Waals surface area (Å²) in [5.74, 6) is -0.0641. The van der Waals surface area contributed by atoms with Crippen molar-refractivity contribution in [2.24, 2.45) is 0 Å². The van der Waals surface area contributed by atoms with Gasteiger partial charge in [-0.1, -0.05) is 385 Å². The summed E-state index contributed by atoms with van der Waals surface area (Å²) in [6, 6.07) is -0.638. The molecular formula is C70H137NO3. The van der Waals surface area contributed by atoms with Gasteiger partial charge in [-0.05, 0) is 32.1 Å². The monoisotopic (exact) mass is 1040 g/mol. The molecule has 4 heteroatoms. The zero-order valence-corrected chi connectivity index (χ0v) is 50.9. The van der Waals surface area contributed by atoms with Crippen LogP contribution in [0.1, 0.15) is 399 Å². The molecule has 0 aliphatic rings. The first-order chi connectivity index (χ1) is 36.7. The van der Waals surface area contributed by atoms with Gasteiger partial charge in [0.2, 0.25) is 5.91 Å². The molecule has 4 nitrogen and oxygen atoms in total. The largest absolute Gasteiger partial charge is 0.394 e. The normalized spacial score (nSPS) is 12.8. The van der Waals surface area contributed by atoms with E-state index in [9.17, 15) is 15.0 Å². The molecule has 0 spiro atoms. The van der Waals surface area contributed by atoms with Gasteiger partial charge in [-0.15, -0.1) is 0 Å². The quantitative estimate of drug-likeness (QED) is 0.0420. The van der Waals surface area contributed by atoms with Crippen molar-refractivity contribution in [2.45, 2.75) is 411 Å². The average molecular weight is 1040 g/mol. The van der Waals surface area contributed by atoms with Crippen LogP contribution >= 0.6 is 0 Å². The van der Waals surface area contributed by atoms with Crippen molar-refractivity contribution in [3.8, 4) is 0 Å². The summed E-state index contributed by atoms with van der Waals surface area (Å²) in [5.41, 5.74) is 0. The molecule has 0 aromatic rings. The van der Waals surface area contributed by atoms with Crippen molar-refractivity contribution in [2.75, 3.05) is 6.61 Å². The number of aliphatic hydroxyl groups excluding tert-OH is 2. The fourth-order valence-corrected chi connectivity index (χ4v) is 11.2. The molecule has 440 valence electrons. The van der Waals surface area contributed by atoms with Crippen molar-refractivity contribution in [3.05, 3.63) is 24.3 Å². The van der Waals surface area contributed by atoms with Gasteiger partial charge in [-0.25, -0.2) is 0 Å². The van der Waals surface area contributed by atoms with E-state index in [0.717, 1.165) is 32.1 Å². The highest BCUT2D eigenvalue weighted by Crippen LogP contribution is 2.19. The molecule has 0 saturated heterocycles. The van der Waals surface area contributed by atoms with E-state index in [4.69, 9.17) is 0 Å². The SMILES string of the molecule is CCCCCCCCCCCCCCCCCCCCCCCCCC/C=C/CC/C=C/C(O)C(CO)NC(=O)CCCCCCCCCCCCCCCCCCCCCCCCCCCCCCCCCC. The molecule has 0 rings (SSSR count). The molecule has 0 heterocycles. The van der Waals surface area contributed by atoms with Gasteiger partial charge >= 0.3 is 0 Å². The Hall–Kier alpha value is -1.13. The smallest absolute Gasteiger partial charge is 0.220 e. The Labute approximate surface area is 466 Å². The van der Waals surface area contributed by atoms with Crippen LogP contribution in [0, 0.1) is 0 Å². The number of carbonyl (C=O) groups excluding carboxylic acids is 1. The van der Waals surface area contributed by atoms with E-state index in [1.165, 1.54) is 347 Å². The number of allylic oxidation sites excluding steroid dienone is 3. The summed E-state index contributed by atoms with van der Waals surface area (Å²) in [4.78, 5) is 12.5. The minimum Gasteiger partial charge on any atom is -0.394 e. The van der Waals surface area contributed by atoms with Gasteiger partial charge in [0.25, 0.3) is 0 Å². The molecule has 0 fully saturated rings. The summed E-state index contributed by atoms with van der Waals surface area (Å²) < 4.78 is 0. The maximum absolute atomic E-state index is 12.5. The standard InChI is InChI=1S/C70H137NO3/c1-3-5-7-9-11-13-15-17-19-21-23-25-27-29-31-33-35-36-38-40-42-44-46-48-50-52-54-56-58-60-62-64-66-70(74)71-68(67-72)69(73)65-63-61-59-57-55-53-51-49-47-45-43-41-39-37-34-32-30-28-26-24-22-20-18-16-14-12-10-8-6-4-2/h55,57,63,65,68-69,72-73H,3-54,56,58-62,64,66-67H2,1-2H3,(H,71,74)/b57-55+,65-63+. The number of amides is 1. The second-order valence-electron chi connectivity index (χ2n) is 24.0. The second kappa shape index (κ2) is 66.2. The van der Waals surface area contributed by atoms with E-state index in [1.807, 2.05) is 6.08 Å². The molecule has 0 aliphatic heterocycles. The molecule has 2 unspecified atom stereocenters. The number of hydrogen-bond donors (Lipinski definition) is 3. The van der Waals surface area contributed by atoms with Crippen LogP contribution in [0.2, 0.25) is 0 Å². The zero-order chi connectivity index (χ0) is 53.4. The van der Waals surface area contributed by atoms with E-state index in [2.05, 4.69) is 31.3 Å². The maximum atomic E-state index is 12.5. The van der Waals surface area contributed by atoms with Crippen molar-refractivity contribution in [3.63, 3.8) is 0 Å². The summed E-state index contributed by atoms with van der Waals surface area (Å²) in [7, 11) is 0. The summed E-state index contributed by atoms with van der Waals surface area (Å²) >= 11 is 0. The zero-order valence-electron chi connectivity index (χ0n) is 50.9. The Morgan fingerprint density at radius 2 is 0.527 bits per heavy atom. The van der Waals surface area contributed by atoms with E-state index in [-0.39, 0.29) is 12.5 Å². The minimum atomic E-state index is -0.861. The van der Waals surface area contributed by atoms with Gasteiger partial charge in [-0.2, -0.15) is 0 Å². The third-order valence-corrected chi connectivity index (χ3v) is 16.4. The van der Waals surface area contributed by atoms with Crippen molar-refractivity contribution in [1.29, 1.82) is 0 Å². The van der Waals surface area contributed by atoms with Gasteiger partial charge in [0.05, 0.1) is 18.8 Å². The van der Waals surface area contributed by atoms with Crippen molar-refractivity contribution in [1.82, 2.24) is 5.32 Å². The Kier molecular flexibility index (Phi) is 65.1. The van der Waals surface area contributed by atoms with Gasteiger partial charge in [0.1, 0.15) is 0 Å². The van der Waals surface area contributed by atoms with Crippen LogP contribution in [0.5, 0.6) is 0 Å². The van der Waals surface area contributed by atoms with Gasteiger partial charge < -0.3 is 15.5 Å². The Bertz CT molecular complexity index is 1090. The third-order valence-electron chi connectivity index (χ3n) is 16.4. The lowest BCUT2D eigenvalue weighted by Crippen LogP contribution is -2.45. The van der Waals surface area contributed by atoms with Crippen LogP contribution in [-0.2, 0) is 4.79 Å². The predicted molar refractivity (Wildman–Crippen MR) is 332 cm³/mol. The highest BCUT2D eigenvalue weighted by Gasteiger charge is 2.18. The first-order valence-electron chi connectivity index (χ1n) is 34.6. The summed E-state index contributed by atoms with van der Waals surface area (Å²) in [6.45, 7) is 4.35. The molecule has 0 saturated carbocycles. The van der Waals surface area contributed by atoms with Crippen molar-refractivity contribution < 1.29 is 15.0 Å². The van der Waals surface area contributed by atoms with Crippen LogP contribution in [0.25, 0.3) is 0 Å². The molecule has 2 atom stereocenters. The number of rotatable bonds is 65. The van der Waals surface area contributed by atoms with Crippen LogP contribution in [0.4, 0.5) is 0 Å². The number of unbranched alkanes of at least 4 members (excludes halogenated alkanes) is 56. The fourth-order valence-electron chi connectivity index (χ4n) is 11.2. The number of carbonyl (C=O) groups is 1. The molecule has 0 aromatic heterocycles. The van der Waals surface area contributed by atoms with E-state index >= 15 is 0 Å². The van der Waals surface area contributed by atoms with Crippen molar-refractivity contribution >= 4 is 5.91 Å². The number of aliphatic hydroxyl groups is 2. The predicted octanol–water partition coefficient (Wildman–Crippen LogP) is 23.4. The Balaban J connectivity index is 3.43. The van der Waals surface area contributed by atoms with Crippen LogP contribution in [0.3, 0.4) is 0 Å². The van der Waals surface area contributed by atoms with Crippen LogP contribution in [0.15, 0.2) is 24.3 Å². The highest BCUT2D eigenvalue weighted by atomic mass is 16.3. The number of nitrogens with one attached hydrogen (secondary N) is 1. The molecular weight excluding hydrogens is 903 g/mol. The van der Waals surface area contributed by atoms with Crippen LogP contribution < -0.4 is 5.32 Å². The van der Waals surface area contributed by atoms with Gasteiger partial charge in [-0.3, -0.25) is 4.79 Å². The van der Waals surface area contributed by atoms with Crippen LogP contribution in [-0.4, -0.2) is 34.9 Å².